The number of Topliss-reactive ketones (excluding diaryl/α,β-unsaturated/α-hetero) is 1. The number of allylic oxidation sites excluding steroid dienone is 2. The average Bonchev–Trinajstić information content (AvgIpc) is 2.89. The zero-order valence-electron chi connectivity index (χ0n) is 15.5. The fraction of sp³-hybridized carbons (Fsp3) is 0.727. The van der Waals surface area contributed by atoms with Crippen LogP contribution in [0.4, 0.5) is 0 Å². The van der Waals surface area contributed by atoms with Crippen molar-refractivity contribution in [3.8, 4) is 0 Å². The highest BCUT2D eigenvalue weighted by atomic mass is 16.3. The van der Waals surface area contributed by atoms with Gasteiger partial charge in [-0.3, -0.25) is 9.59 Å². The summed E-state index contributed by atoms with van der Waals surface area (Å²) < 4.78 is 0. The lowest BCUT2D eigenvalue weighted by molar-refractivity contribution is -0.157. The topological polar surface area (TPSA) is 54.4 Å². The van der Waals surface area contributed by atoms with Crippen molar-refractivity contribution >= 4 is 11.6 Å². The van der Waals surface area contributed by atoms with Gasteiger partial charge in [0.2, 0.25) is 0 Å². The molecule has 136 valence electrons. The highest BCUT2D eigenvalue weighted by Crippen LogP contribution is 2.67. The molecule has 25 heavy (non-hydrogen) atoms. The first kappa shape index (κ1) is 17.2. The number of fused-ring (bicyclic) bond motifs is 5. The van der Waals surface area contributed by atoms with E-state index >= 15 is 0 Å². The van der Waals surface area contributed by atoms with Crippen molar-refractivity contribution in [2.24, 2.45) is 29.1 Å². The quantitative estimate of drug-likeness (QED) is 0.772. The zero-order chi connectivity index (χ0) is 18.0. The Hall–Kier alpha value is -1.22. The average molecular weight is 342 g/mol. The van der Waals surface area contributed by atoms with E-state index in [-0.39, 0.29) is 17.0 Å². The molecule has 6 atom stereocenters. The van der Waals surface area contributed by atoms with Gasteiger partial charge in [-0.15, -0.1) is 0 Å². The van der Waals surface area contributed by atoms with Crippen molar-refractivity contribution in [3.05, 3.63) is 23.8 Å². The van der Waals surface area contributed by atoms with Gasteiger partial charge in [0.1, 0.15) is 5.60 Å². The molecule has 3 fully saturated rings. The van der Waals surface area contributed by atoms with Gasteiger partial charge in [-0.05, 0) is 81.6 Å². The molecule has 0 spiro atoms. The number of carbonyl (C=O) groups is 2. The molecule has 4 aliphatic rings. The van der Waals surface area contributed by atoms with Crippen molar-refractivity contribution in [2.75, 3.05) is 0 Å². The maximum Gasteiger partial charge on any atom is 0.161 e. The number of carbonyl (C=O) groups excluding carboxylic acids is 2. The summed E-state index contributed by atoms with van der Waals surface area (Å²) in [4.78, 5) is 24.2. The van der Waals surface area contributed by atoms with Crippen molar-refractivity contribution in [1.29, 1.82) is 0 Å². The van der Waals surface area contributed by atoms with Gasteiger partial charge in [0.15, 0.2) is 11.6 Å². The predicted octanol–water partition coefficient (Wildman–Crippen LogP) is 4.00. The summed E-state index contributed by atoms with van der Waals surface area (Å²) in [5.74, 6) is 2.02. The third-order valence-electron chi connectivity index (χ3n) is 8.28. The van der Waals surface area contributed by atoms with Gasteiger partial charge in [0, 0.05) is 11.8 Å². The second-order valence-corrected chi connectivity index (χ2v) is 8.97. The second kappa shape index (κ2) is 5.64. The zero-order valence-corrected chi connectivity index (χ0v) is 15.5. The Morgan fingerprint density at radius 3 is 2.76 bits per heavy atom. The molecule has 0 radical (unpaired) electrons. The molecule has 3 saturated carbocycles. The summed E-state index contributed by atoms with van der Waals surface area (Å²) in [6.45, 7) is 8.14. The third kappa shape index (κ3) is 2.14. The lowest BCUT2D eigenvalue weighted by Crippen LogP contribution is -2.57. The number of ketones is 2. The first-order chi connectivity index (χ1) is 11.8. The van der Waals surface area contributed by atoms with E-state index < -0.39 is 5.60 Å². The molecule has 3 nitrogen and oxygen atoms in total. The van der Waals surface area contributed by atoms with Crippen LogP contribution in [-0.4, -0.2) is 22.3 Å². The smallest absolute Gasteiger partial charge is 0.161 e. The molecule has 0 aromatic heterocycles. The monoisotopic (exact) mass is 342 g/mol. The van der Waals surface area contributed by atoms with Crippen LogP contribution in [0, 0.1) is 29.1 Å². The van der Waals surface area contributed by atoms with Crippen molar-refractivity contribution < 1.29 is 14.7 Å². The fourth-order valence-corrected chi connectivity index (χ4v) is 7.21. The van der Waals surface area contributed by atoms with Gasteiger partial charge in [-0.1, -0.05) is 24.6 Å². The van der Waals surface area contributed by atoms with Crippen LogP contribution in [0.1, 0.15) is 65.2 Å². The summed E-state index contributed by atoms with van der Waals surface area (Å²) in [6.07, 6.45) is 8.73. The van der Waals surface area contributed by atoms with E-state index in [2.05, 4.69) is 13.5 Å². The number of hydrogen-bond acceptors (Lipinski definition) is 3. The SMILES string of the molecule is C=C1C[C@@]2(CC)[C@@H](CC[C@]2(O)C(C)=O)[C@@H]2CCC3=CC(=O)CC[C@@H]3[C@@H]12. The maximum absolute atomic E-state index is 12.4. The maximum atomic E-state index is 12.4. The first-order valence-corrected chi connectivity index (χ1v) is 9.98. The second-order valence-electron chi connectivity index (χ2n) is 8.97. The Morgan fingerprint density at radius 1 is 1.32 bits per heavy atom. The minimum absolute atomic E-state index is 0.0669. The summed E-state index contributed by atoms with van der Waals surface area (Å²) in [5.41, 5.74) is 1.04. The Balaban J connectivity index is 1.74. The van der Waals surface area contributed by atoms with E-state index in [0.29, 0.717) is 36.5 Å². The van der Waals surface area contributed by atoms with Gasteiger partial charge < -0.3 is 5.11 Å². The summed E-state index contributed by atoms with van der Waals surface area (Å²) in [7, 11) is 0. The standard InChI is InChI=1S/C22H30O3/c1-4-21-12-13(2)20-17-8-6-16(24)11-15(17)5-7-18(20)19(21)9-10-22(21,25)14(3)23/h11,17-20,25H,2,4-10,12H2,1,3H3/t17-,18-,19-,20+,21-,22-/m0/s1. The van der Waals surface area contributed by atoms with Crippen LogP contribution < -0.4 is 0 Å². The van der Waals surface area contributed by atoms with E-state index in [1.54, 1.807) is 6.92 Å². The van der Waals surface area contributed by atoms with Crippen LogP contribution in [0.2, 0.25) is 0 Å². The highest BCUT2D eigenvalue weighted by molar-refractivity contribution is 5.91. The molecular weight excluding hydrogens is 312 g/mol. The lowest BCUT2D eigenvalue weighted by Gasteiger charge is -2.57. The molecule has 0 amide bonds. The van der Waals surface area contributed by atoms with Gasteiger partial charge in [0.25, 0.3) is 0 Å². The molecule has 0 aromatic rings. The largest absolute Gasteiger partial charge is 0.381 e. The Kier molecular flexibility index (Phi) is 3.88. The molecule has 0 aliphatic heterocycles. The van der Waals surface area contributed by atoms with Crippen LogP contribution in [0.5, 0.6) is 0 Å². The fourth-order valence-electron chi connectivity index (χ4n) is 7.21. The van der Waals surface area contributed by atoms with Gasteiger partial charge in [-0.25, -0.2) is 0 Å². The molecular formula is C22H30O3. The molecule has 3 heteroatoms. The number of hydrogen-bond donors (Lipinski definition) is 1. The minimum atomic E-state index is -1.18. The predicted molar refractivity (Wildman–Crippen MR) is 96.9 cm³/mol. The van der Waals surface area contributed by atoms with Crippen molar-refractivity contribution in [1.82, 2.24) is 0 Å². The Labute approximate surface area is 150 Å². The molecule has 4 rings (SSSR count). The molecule has 0 saturated heterocycles. The third-order valence-corrected chi connectivity index (χ3v) is 8.28. The van der Waals surface area contributed by atoms with Crippen LogP contribution in [-0.2, 0) is 9.59 Å². The molecule has 0 unspecified atom stereocenters. The normalized spacial score (nSPS) is 46.1. The summed E-state index contributed by atoms with van der Waals surface area (Å²) >= 11 is 0. The van der Waals surface area contributed by atoms with E-state index in [9.17, 15) is 14.7 Å². The molecule has 0 heterocycles. The lowest BCUT2D eigenvalue weighted by atomic mass is 9.48. The van der Waals surface area contributed by atoms with Gasteiger partial charge >= 0.3 is 0 Å². The van der Waals surface area contributed by atoms with Gasteiger partial charge in [-0.2, -0.15) is 0 Å². The first-order valence-electron chi connectivity index (χ1n) is 9.98. The molecule has 0 bridgehead atoms. The van der Waals surface area contributed by atoms with Crippen LogP contribution in [0.15, 0.2) is 23.8 Å². The van der Waals surface area contributed by atoms with E-state index in [1.807, 2.05) is 6.08 Å². The Morgan fingerprint density at radius 2 is 2.08 bits per heavy atom. The molecule has 0 aromatic carbocycles. The van der Waals surface area contributed by atoms with Gasteiger partial charge in [0.05, 0.1) is 0 Å². The number of aliphatic hydroxyl groups is 1. The molecule has 4 aliphatic carbocycles. The summed E-state index contributed by atoms with van der Waals surface area (Å²) in [6, 6.07) is 0. The van der Waals surface area contributed by atoms with Crippen LogP contribution in [0.3, 0.4) is 0 Å². The van der Waals surface area contributed by atoms with E-state index in [4.69, 9.17) is 0 Å². The summed E-state index contributed by atoms with van der Waals surface area (Å²) in [5, 5.41) is 11.3. The van der Waals surface area contributed by atoms with Crippen LogP contribution >= 0.6 is 0 Å². The van der Waals surface area contributed by atoms with E-state index in [0.717, 1.165) is 38.5 Å². The Bertz CT molecular complexity index is 675. The van der Waals surface area contributed by atoms with Crippen LogP contribution in [0.25, 0.3) is 0 Å². The van der Waals surface area contributed by atoms with Crippen molar-refractivity contribution in [2.45, 2.75) is 70.8 Å². The van der Waals surface area contributed by atoms with E-state index in [1.165, 1.54) is 11.1 Å². The highest BCUT2D eigenvalue weighted by Gasteiger charge is 2.66. The number of rotatable bonds is 2. The molecule has 1 N–H and O–H groups in total. The minimum Gasteiger partial charge on any atom is -0.381 e. The van der Waals surface area contributed by atoms with Crippen molar-refractivity contribution in [3.63, 3.8) is 0 Å².